The third kappa shape index (κ3) is 4.97. The lowest BCUT2D eigenvalue weighted by Crippen LogP contribution is -2.49. The number of aliphatic hydroxyl groups excluding tert-OH is 1. The molecule has 0 bridgehead atoms. The second-order valence-corrected chi connectivity index (χ2v) is 8.56. The van der Waals surface area contributed by atoms with Gasteiger partial charge in [-0.2, -0.15) is 0 Å². The number of carbonyl (C=O) groups is 1. The van der Waals surface area contributed by atoms with Crippen molar-refractivity contribution in [1.29, 1.82) is 0 Å². The largest absolute Gasteiger partial charge is 0.494 e. The maximum atomic E-state index is 13.7. The van der Waals surface area contributed by atoms with Crippen molar-refractivity contribution >= 4 is 11.8 Å². The van der Waals surface area contributed by atoms with E-state index in [9.17, 15) is 4.79 Å². The van der Waals surface area contributed by atoms with Gasteiger partial charge in [0.1, 0.15) is 5.75 Å². The molecule has 1 amide bonds. The third-order valence-corrected chi connectivity index (χ3v) is 5.83. The van der Waals surface area contributed by atoms with Crippen LogP contribution in [0.25, 0.3) is 0 Å². The van der Waals surface area contributed by atoms with Gasteiger partial charge >= 0.3 is 0 Å². The summed E-state index contributed by atoms with van der Waals surface area (Å²) in [5, 5.41) is 8.95. The highest BCUT2D eigenvalue weighted by atomic mass is 16.5. The van der Waals surface area contributed by atoms with Gasteiger partial charge in [-0.3, -0.25) is 4.79 Å². The second kappa shape index (κ2) is 10.5. The number of rotatable bonds is 9. The summed E-state index contributed by atoms with van der Waals surface area (Å²) in [5.41, 5.74) is 1.55. The molecule has 0 aromatic heterocycles. The van der Waals surface area contributed by atoms with Crippen LogP contribution in [0.1, 0.15) is 29.2 Å². The van der Waals surface area contributed by atoms with E-state index in [0.717, 1.165) is 16.7 Å². The molecule has 0 unspecified atom stereocenters. The lowest BCUT2D eigenvalue weighted by molar-refractivity contribution is -0.137. The second-order valence-electron chi connectivity index (χ2n) is 8.56. The summed E-state index contributed by atoms with van der Waals surface area (Å²) in [4.78, 5) is 20.3. The predicted molar refractivity (Wildman–Crippen MR) is 132 cm³/mol. The van der Waals surface area contributed by atoms with Gasteiger partial charge < -0.3 is 19.5 Å². The minimum absolute atomic E-state index is 0.0903. The molecule has 1 N–H and O–H groups in total. The van der Waals surface area contributed by atoms with Gasteiger partial charge in [-0.1, -0.05) is 60.7 Å². The van der Waals surface area contributed by atoms with Crippen LogP contribution in [0.5, 0.6) is 5.75 Å². The average molecular weight is 459 g/mol. The molecule has 0 fully saturated rings. The Hall–Kier alpha value is -3.64. The van der Waals surface area contributed by atoms with Crippen molar-refractivity contribution in [2.45, 2.75) is 24.5 Å². The number of hydrogen-bond donors (Lipinski definition) is 1. The molecule has 6 nitrogen and oxygen atoms in total. The molecule has 34 heavy (non-hydrogen) atoms. The maximum Gasteiger partial charge on any atom is 0.254 e. The lowest BCUT2D eigenvalue weighted by Gasteiger charge is -2.33. The normalized spacial score (nSPS) is 19.3. The topological polar surface area (TPSA) is 71.4 Å². The summed E-state index contributed by atoms with van der Waals surface area (Å²) >= 11 is 0. The number of amides is 1. The van der Waals surface area contributed by atoms with Crippen molar-refractivity contribution in [3.63, 3.8) is 0 Å². The fourth-order valence-corrected chi connectivity index (χ4v) is 4.19. The summed E-state index contributed by atoms with van der Waals surface area (Å²) in [7, 11) is 3.51. The number of ether oxygens (including phenoxy) is 2. The Morgan fingerprint density at radius 1 is 1.00 bits per heavy atom. The highest BCUT2D eigenvalue weighted by Gasteiger charge is 2.53. The molecule has 1 aliphatic heterocycles. The van der Waals surface area contributed by atoms with Crippen molar-refractivity contribution < 1.29 is 19.4 Å². The summed E-state index contributed by atoms with van der Waals surface area (Å²) < 4.78 is 12.1. The quantitative estimate of drug-likeness (QED) is 0.492. The Balaban J connectivity index is 1.75. The number of nitrogens with zero attached hydrogens (tertiary/aromatic N) is 2. The molecule has 6 heteroatoms. The van der Waals surface area contributed by atoms with E-state index in [2.05, 4.69) is 0 Å². The minimum atomic E-state index is -1.14. The zero-order valence-corrected chi connectivity index (χ0v) is 19.6. The Morgan fingerprint density at radius 3 is 2.26 bits per heavy atom. The van der Waals surface area contributed by atoms with Gasteiger partial charge in [-0.05, 0) is 35.4 Å². The van der Waals surface area contributed by atoms with Crippen LogP contribution < -0.4 is 4.74 Å². The molecule has 0 saturated carbocycles. The van der Waals surface area contributed by atoms with Crippen molar-refractivity contribution in [2.24, 2.45) is 4.99 Å². The van der Waals surface area contributed by atoms with Crippen LogP contribution in [0.3, 0.4) is 0 Å². The van der Waals surface area contributed by atoms with Crippen molar-refractivity contribution in [2.75, 3.05) is 27.3 Å². The average Bonchev–Trinajstić information content (AvgIpc) is 3.25. The van der Waals surface area contributed by atoms with Gasteiger partial charge in [0.05, 0.1) is 6.61 Å². The number of aliphatic imine (C=N–C) groups is 1. The summed E-state index contributed by atoms with van der Waals surface area (Å²) in [5.74, 6) is 1.03. The van der Waals surface area contributed by atoms with E-state index in [0.29, 0.717) is 31.1 Å². The zero-order valence-electron chi connectivity index (χ0n) is 19.6. The first kappa shape index (κ1) is 23.5. The van der Waals surface area contributed by atoms with Gasteiger partial charge in [-0.15, -0.1) is 0 Å². The minimum Gasteiger partial charge on any atom is -0.494 e. The summed E-state index contributed by atoms with van der Waals surface area (Å²) in [6.07, 6.45) is 0.417. The molecule has 0 spiro atoms. The van der Waals surface area contributed by atoms with Gasteiger partial charge in [0.15, 0.2) is 11.6 Å². The fourth-order valence-electron chi connectivity index (χ4n) is 4.19. The molecule has 3 aromatic rings. The molecule has 176 valence electrons. The third-order valence-electron chi connectivity index (χ3n) is 5.83. The molecule has 3 aromatic carbocycles. The number of aliphatic hydroxyl groups is 1. The van der Waals surface area contributed by atoms with Crippen LogP contribution in [0.4, 0.5) is 0 Å². The van der Waals surface area contributed by atoms with E-state index in [1.165, 1.54) is 0 Å². The lowest BCUT2D eigenvalue weighted by atomic mass is 9.81. The van der Waals surface area contributed by atoms with E-state index in [1.807, 2.05) is 84.9 Å². The Kier molecular flexibility index (Phi) is 7.28. The van der Waals surface area contributed by atoms with Gasteiger partial charge in [0.25, 0.3) is 5.91 Å². The Bertz CT molecular complexity index is 1110. The van der Waals surface area contributed by atoms with Crippen LogP contribution in [-0.2, 0) is 16.0 Å². The maximum absolute atomic E-state index is 13.7. The Labute approximate surface area is 200 Å². The highest BCUT2D eigenvalue weighted by Crippen LogP contribution is 2.43. The van der Waals surface area contributed by atoms with Gasteiger partial charge in [-0.25, -0.2) is 4.99 Å². The van der Waals surface area contributed by atoms with Gasteiger partial charge in [0, 0.05) is 39.1 Å². The SMILES string of the molecule is CN(C)C(=O)[C@@]1(Cc2ccccc2)N=C(c2ccc(OCCCO)cc2)O[C@H]1c1ccccc1. The number of benzene rings is 3. The van der Waals surface area contributed by atoms with E-state index in [-0.39, 0.29) is 12.5 Å². The fraction of sp³-hybridized carbons (Fsp3) is 0.286. The van der Waals surface area contributed by atoms with E-state index in [4.69, 9.17) is 19.6 Å². The molecule has 4 rings (SSSR count). The smallest absolute Gasteiger partial charge is 0.254 e. The molecule has 2 atom stereocenters. The molecule has 0 aliphatic carbocycles. The molecule has 0 radical (unpaired) electrons. The van der Waals surface area contributed by atoms with Crippen molar-refractivity contribution in [3.05, 3.63) is 102 Å². The van der Waals surface area contributed by atoms with Crippen molar-refractivity contribution in [3.8, 4) is 5.75 Å². The van der Waals surface area contributed by atoms with Crippen LogP contribution in [0, 0.1) is 0 Å². The van der Waals surface area contributed by atoms with E-state index in [1.54, 1.807) is 19.0 Å². The first-order valence-electron chi connectivity index (χ1n) is 11.4. The predicted octanol–water partition coefficient (Wildman–Crippen LogP) is 4.04. The number of carbonyl (C=O) groups excluding carboxylic acids is 1. The first-order valence-corrected chi connectivity index (χ1v) is 11.4. The molecular formula is C28H30N2O4. The Morgan fingerprint density at radius 2 is 1.65 bits per heavy atom. The molecule has 1 aliphatic rings. The van der Waals surface area contributed by atoms with Crippen LogP contribution in [0.15, 0.2) is 89.9 Å². The summed E-state index contributed by atoms with van der Waals surface area (Å²) in [6, 6.07) is 27.2. The van der Waals surface area contributed by atoms with E-state index >= 15 is 0 Å². The highest BCUT2D eigenvalue weighted by molar-refractivity contribution is 6.01. The van der Waals surface area contributed by atoms with Crippen molar-refractivity contribution in [1.82, 2.24) is 4.90 Å². The zero-order chi connectivity index (χ0) is 24.0. The number of likely N-dealkylation sites (N-methyl/N-ethyl adjacent to an activating group) is 1. The van der Waals surface area contributed by atoms with E-state index < -0.39 is 11.6 Å². The molecule has 0 saturated heterocycles. The monoisotopic (exact) mass is 458 g/mol. The van der Waals surface area contributed by atoms with Crippen LogP contribution in [-0.4, -0.2) is 54.7 Å². The molecular weight excluding hydrogens is 428 g/mol. The number of hydrogen-bond acceptors (Lipinski definition) is 5. The van der Waals surface area contributed by atoms with Crippen LogP contribution in [0.2, 0.25) is 0 Å². The standard InChI is InChI=1S/C28H30N2O4/c1-30(2)27(32)28(20-21-10-5-3-6-11-21)25(22-12-7-4-8-13-22)34-26(29-28)23-14-16-24(17-15-23)33-19-9-18-31/h3-8,10-17,25,31H,9,18-20H2,1-2H3/t25-,28-/m0/s1. The van der Waals surface area contributed by atoms with Crippen LogP contribution >= 0.6 is 0 Å². The van der Waals surface area contributed by atoms with Gasteiger partial charge in [0.2, 0.25) is 5.90 Å². The first-order chi connectivity index (χ1) is 16.5. The summed E-state index contributed by atoms with van der Waals surface area (Å²) in [6.45, 7) is 0.536. The molecule has 1 heterocycles.